The molecule has 0 fully saturated rings. The van der Waals surface area contributed by atoms with E-state index >= 15 is 0 Å². The Balaban J connectivity index is 4.19. The number of ether oxygens (including phenoxy) is 3. The molecule has 350 valence electrons. The van der Waals surface area contributed by atoms with E-state index in [0.717, 1.165) is 63.7 Å². The lowest BCUT2D eigenvalue weighted by atomic mass is 10.0. The van der Waals surface area contributed by atoms with Crippen molar-refractivity contribution in [1.29, 1.82) is 0 Å². The molecule has 0 aromatic heterocycles. The maximum atomic E-state index is 12.7. The minimum atomic E-state index is -0.759. The van der Waals surface area contributed by atoms with Crippen LogP contribution in [0.15, 0.2) is 0 Å². The fourth-order valence-corrected chi connectivity index (χ4v) is 8.04. The summed E-state index contributed by atoms with van der Waals surface area (Å²) in [5, 5.41) is 0. The van der Waals surface area contributed by atoms with Gasteiger partial charge in [0.25, 0.3) is 0 Å². The Morgan fingerprint density at radius 3 is 0.831 bits per heavy atom. The van der Waals surface area contributed by atoms with Crippen LogP contribution in [-0.2, 0) is 28.6 Å². The first-order valence-corrected chi connectivity index (χ1v) is 26.4. The maximum Gasteiger partial charge on any atom is 0.306 e. The summed E-state index contributed by atoms with van der Waals surface area (Å²) in [6.45, 7) is 9.03. The molecule has 0 saturated heterocycles. The normalized spacial score (nSPS) is 11.9. The predicted molar refractivity (Wildman–Crippen MR) is 252 cm³/mol. The highest BCUT2D eigenvalue weighted by molar-refractivity contribution is 5.71. The van der Waals surface area contributed by atoms with E-state index in [1.54, 1.807) is 0 Å². The molecule has 0 rings (SSSR count). The van der Waals surface area contributed by atoms with Crippen LogP contribution in [0.3, 0.4) is 0 Å². The van der Waals surface area contributed by atoms with Crippen LogP contribution >= 0.6 is 0 Å². The van der Waals surface area contributed by atoms with Crippen LogP contribution in [0.2, 0.25) is 0 Å². The third kappa shape index (κ3) is 47.3. The van der Waals surface area contributed by atoms with Crippen molar-refractivity contribution in [3.8, 4) is 0 Å². The summed E-state index contributed by atoms with van der Waals surface area (Å²) < 4.78 is 16.8. The van der Waals surface area contributed by atoms with Crippen molar-refractivity contribution < 1.29 is 28.6 Å². The predicted octanol–water partition coefficient (Wildman–Crippen LogP) is 17.1. The van der Waals surface area contributed by atoms with Crippen LogP contribution in [0.25, 0.3) is 0 Å². The maximum absolute atomic E-state index is 12.7. The number of esters is 3. The fraction of sp³-hybridized carbons (Fsp3) is 0.943. The first-order valence-electron chi connectivity index (χ1n) is 26.4. The molecule has 0 aromatic rings. The number of hydrogen-bond donors (Lipinski definition) is 0. The van der Waals surface area contributed by atoms with Gasteiger partial charge in [-0.2, -0.15) is 0 Å². The summed E-state index contributed by atoms with van der Waals surface area (Å²) in [6.07, 6.45) is 49.5. The van der Waals surface area contributed by atoms with Crippen molar-refractivity contribution >= 4 is 17.9 Å². The molecule has 59 heavy (non-hydrogen) atoms. The van der Waals surface area contributed by atoms with Gasteiger partial charge >= 0.3 is 17.9 Å². The second kappa shape index (κ2) is 47.5. The monoisotopic (exact) mass is 835 g/mol. The fourth-order valence-electron chi connectivity index (χ4n) is 8.04. The number of carbonyl (C=O) groups is 3. The van der Waals surface area contributed by atoms with E-state index in [1.807, 2.05) is 0 Å². The molecule has 0 amide bonds. The Hall–Kier alpha value is -1.59. The average molecular weight is 835 g/mol. The van der Waals surface area contributed by atoms with Gasteiger partial charge in [0.05, 0.1) is 0 Å². The second-order valence-corrected chi connectivity index (χ2v) is 18.6. The summed E-state index contributed by atoms with van der Waals surface area (Å²) in [5.41, 5.74) is 0. The molecule has 0 aromatic carbocycles. The molecule has 0 saturated carbocycles. The number of rotatable bonds is 48. The van der Waals surface area contributed by atoms with Crippen LogP contribution in [0.5, 0.6) is 0 Å². The number of carbonyl (C=O) groups excluding carboxylic acids is 3. The molecular formula is C53H102O6. The van der Waals surface area contributed by atoms with Crippen molar-refractivity contribution in [2.24, 2.45) is 5.92 Å². The van der Waals surface area contributed by atoms with Gasteiger partial charge in [-0.1, -0.05) is 259 Å². The summed E-state index contributed by atoms with van der Waals surface area (Å²) in [5.74, 6) is 0.00727. The standard InChI is InChI=1S/C53H102O6/c1-5-7-9-11-13-15-16-21-25-29-32-36-40-44-51(54)57-47-50(59-53(56)46-42-38-34-27-14-12-10-8-6-2)48-58-52(55)45-41-37-33-30-26-23-20-18-17-19-22-24-28-31-35-39-43-49(3)4/h49-50H,5-48H2,1-4H3/t50-/m1/s1. The molecule has 0 N–H and O–H groups in total. The molecule has 1 atom stereocenters. The van der Waals surface area contributed by atoms with Crippen molar-refractivity contribution in [1.82, 2.24) is 0 Å². The molecular weight excluding hydrogens is 733 g/mol. The molecule has 0 unspecified atom stereocenters. The highest BCUT2D eigenvalue weighted by Crippen LogP contribution is 2.17. The van der Waals surface area contributed by atoms with Gasteiger partial charge in [0.1, 0.15) is 13.2 Å². The van der Waals surface area contributed by atoms with Crippen LogP contribution < -0.4 is 0 Å². The first kappa shape index (κ1) is 57.4. The average Bonchev–Trinajstić information content (AvgIpc) is 3.22. The zero-order valence-corrected chi connectivity index (χ0v) is 40.2. The third-order valence-electron chi connectivity index (χ3n) is 12.0. The van der Waals surface area contributed by atoms with E-state index < -0.39 is 6.10 Å². The third-order valence-corrected chi connectivity index (χ3v) is 12.0. The molecule has 0 spiro atoms. The lowest BCUT2D eigenvalue weighted by Gasteiger charge is -2.18. The molecule has 6 nitrogen and oxygen atoms in total. The second-order valence-electron chi connectivity index (χ2n) is 18.6. The molecule has 0 radical (unpaired) electrons. The smallest absolute Gasteiger partial charge is 0.306 e. The highest BCUT2D eigenvalue weighted by atomic mass is 16.6. The van der Waals surface area contributed by atoms with Gasteiger partial charge in [0, 0.05) is 19.3 Å². The van der Waals surface area contributed by atoms with Crippen LogP contribution in [0, 0.1) is 5.92 Å². The lowest BCUT2D eigenvalue weighted by Crippen LogP contribution is -2.30. The quantitative estimate of drug-likeness (QED) is 0.0345. The summed E-state index contributed by atoms with van der Waals surface area (Å²) in [7, 11) is 0. The summed E-state index contributed by atoms with van der Waals surface area (Å²) >= 11 is 0. The minimum absolute atomic E-state index is 0.0627. The zero-order valence-electron chi connectivity index (χ0n) is 40.2. The van der Waals surface area contributed by atoms with E-state index in [-0.39, 0.29) is 31.1 Å². The molecule has 0 bridgehead atoms. The molecule has 6 heteroatoms. The molecule has 0 aliphatic heterocycles. The largest absolute Gasteiger partial charge is 0.462 e. The number of hydrogen-bond acceptors (Lipinski definition) is 6. The first-order chi connectivity index (χ1) is 28.9. The van der Waals surface area contributed by atoms with Crippen LogP contribution in [0.1, 0.15) is 297 Å². The Morgan fingerprint density at radius 2 is 0.559 bits per heavy atom. The number of unbranched alkanes of at least 4 members (excludes halogenated alkanes) is 35. The van der Waals surface area contributed by atoms with E-state index in [0.29, 0.717) is 19.3 Å². The van der Waals surface area contributed by atoms with Gasteiger partial charge in [-0.25, -0.2) is 0 Å². The van der Waals surface area contributed by atoms with Gasteiger partial charge in [-0.15, -0.1) is 0 Å². The molecule has 0 heterocycles. The van der Waals surface area contributed by atoms with Crippen LogP contribution in [0.4, 0.5) is 0 Å². The van der Waals surface area contributed by atoms with Gasteiger partial charge < -0.3 is 14.2 Å². The van der Waals surface area contributed by atoms with Crippen molar-refractivity contribution in [3.63, 3.8) is 0 Å². The summed E-state index contributed by atoms with van der Waals surface area (Å²) in [6, 6.07) is 0. The van der Waals surface area contributed by atoms with Gasteiger partial charge in [0.2, 0.25) is 0 Å². The Bertz CT molecular complexity index is 887. The Morgan fingerprint density at radius 1 is 0.322 bits per heavy atom. The van der Waals surface area contributed by atoms with E-state index in [4.69, 9.17) is 14.2 Å². The van der Waals surface area contributed by atoms with Gasteiger partial charge in [0.15, 0.2) is 6.10 Å². The lowest BCUT2D eigenvalue weighted by molar-refractivity contribution is -0.167. The van der Waals surface area contributed by atoms with Crippen molar-refractivity contribution in [2.45, 2.75) is 303 Å². The SMILES string of the molecule is CCCCCCCCCCCCCCCC(=O)OC[C@H](COC(=O)CCCCCCCCCCCCCCCCCCC(C)C)OC(=O)CCCCCCCCCCC. The van der Waals surface area contributed by atoms with Gasteiger partial charge in [-0.05, 0) is 25.2 Å². The Labute approximate surface area is 368 Å². The highest BCUT2D eigenvalue weighted by Gasteiger charge is 2.19. The van der Waals surface area contributed by atoms with Crippen molar-refractivity contribution in [3.05, 3.63) is 0 Å². The Kier molecular flexibility index (Phi) is 46.2. The van der Waals surface area contributed by atoms with E-state index in [2.05, 4.69) is 27.7 Å². The minimum Gasteiger partial charge on any atom is -0.462 e. The van der Waals surface area contributed by atoms with Gasteiger partial charge in [-0.3, -0.25) is 14.4 Å². The van der Waals surface area contributed by atoms with E-state index in [9.17, 15) is 14.4 Å². The molecule has 0 aliphatic carbocycles. The van der Waals surface area contributed by atoms with E-state index in [1.165, 1.54) is 193 Å². The molecule has 0 aliphatic rings. The topological polar surface area (TPSA) is 78.9 Å². The zero-order chi connectivity index (χ0) is 43.1. The summed E-state index contributed by atoms with van der Waals surface area (Å²) in [4.78, 5) is 37.9. The van der Waals surface area contributed by atoms with Crippen LogP contribution in [-0.4, -0.2) is 37.2 Å². The van der Waals surface area contributed by atoms with Crippen molar-refractivity contribution in [2.75, 3.05) is 13.2 Å².